The maximum Gasteiger partial charge on any atom is 0.263 e. The van der Waals surface area contributed by atoms with Crippen LogP contribution in [0.2, 0.25) is 0 Å². The van der Waals surface area contributed by atoms with E-state index in [0.717, 1.165) is 5.56 Å². The smallest absolute Gasteiger partial charge is 0.263 e. The van der Waals surface area contributed by atoms with Gasteiger partial charge in [0.25, 0.3) is 10.0 Å². The lowest BCUT2D eigenvalue weighted by molar-refractivity contribution is -0.121. The highest BCUT2D eigenvalue weighted by atomic mass is 32.2. The van der Waals surface area contributed by atoms with Crippen LogP contribution in [0.25, 0.3) is 0 Å². The topological polar surface area (TPSA) is 87.3 Å². The van der Waals surface area contributed by atoms with E-state index in [9.17, 15) is 13.2 Å². The van der Waals surface area contributed by atoms with Gasteiger partial charge >= 0.3 is 0 Å². The molecule has 1 amide bonds. The molecule has 27 heavy (non-hydrogen) atoms. The van der Waals surface area contributed by atoms with E-state index < -0.39 is 10.0 Å². The van der Waals surface area contributed by atoms with Gasteiger partial charge < -0.3 is 10.6 Å². The van der Waals surface area contributed by atoms with E-state index >= 15 is 0 Å². The van der Waals surface area contributed by atoms with Gasteiger partial charge in [-0.05, 0) is 48.8 Å². The van der Waals surface area contributed by atoms with Crippen LogP contribution < -0.4 is 15.4 Å². The molecule has 0 bridgehead atoms. The predicted octanol–water partition coefficient (Wildman–Crippen LogP) is 2.20. The number of sulfonamides is 1. The van der Waals surface area contributed by atoms with E-state index in [2.05, 4.69) is 15.4 Å². The Morgan fingerprint density at radius 1 is 1.15 bits per heavy atom. The molecule has 0 aliphatic heterocycles. The number of carbonyl (C=O) groups excluding carboxylic acids is 1. The first-order valence-corrected chi connectivity index (χ1v) is 10.3. The van der Waals surface area contributed by atoms with Crippen LogP contribution in [0.1, 0.15) is 29.7 Å². The normalized spacial score (nSPS) is 12.1. The summed E-state index contributed by atoms with van der Waals surface area (Å²) in [5, 5.41) is 5.50. The fourth-order valence-electron chi connectivity index (χ4n) is 2.57. The zero-order valence-corrected chi connectivity index (χ0v) is 17.1. The van der Waals surface area contributed by atoms with Gasteiger partial charge in [-0.2, -0.15) is 0 Å². The summed E-state index contributed by atoms with van der Waals surface area (Å²) in [4.78, 5) is 12.5. The van der Waals surface area contributed by atoms with Crippen molar-refractivity contribution in [1.29, 1.82) is 0 Å². The Labute approximate surface area is 165 Å². The fourth-order valence-corrected chi connectivity index (χ4v) is 4.16. The summed E-state index contributed by atoms with van der Waals surface area (Å²) in [6.45, 7) is 3.60. The van der Waals surface area contributed by atoms with Crippen molar-refractivity contribution in [3.05, 3.63) is 65.2 Å². The highest BCUT2D eigenvalue weighted by Crippen LogP contribution is 2.18. The zero-order valence-electron chi connectivity index (χ0n) is 15.4. The van der Waals surface area contributed by atoms with Crippen LogP contribution in [-0.4, -0.2) is 26.5 Å². The molecule has 0 spiro atoms. The Kier molecular flexibility index (Phi) is 6.92. The number of hydrogen-bond acceptors (Lipinski definition) is 4. The summed E-state index contributed by atoms with van der Waals surface area (Å²) >= 11 is 4.88. The first-order chi connectivity index (χ1) is 12.7. The summed E-state index contributed by atoms with van der Waals surface area (Å²) in [5.74, 6) is -0.183. The molecule has 0 aromatic heterocycles. The average Bonchev–Trinajstić information content (AvgIpc) is 2.63. The Balaban J connectivity index is 2.13. The Hall–Kier alpha value is -2.45. The molecular weight excluding hydrogens is 382 g/mol. The minimum Gasteiger partial charge on any atom is -0.365 e. The fraction of sp³-hybridized carbons (Fsp3) is 0.263. The number of nitrogens with one attached hydrogen (secondary N) is 3. The van der Waals surface area contributed by atoms with Crippen LogP contribution in [-0.2, 0) is 21.2 Å². The summed E-state index contributed by atoms with van der Waals surface area (Å²) in [6, 6.07) is 14.4. The van der Waals surface area contributed by atoms with Crippen molar-refractivity contribution < 1.29 is 13.2 Å². The van der Waals surface area contributed by atoms with Gasteiger partial charge in [0.05, 0.1) is 17.4 Å². The molecule has 3 N–H and O–H groups in total. The molecule has 0 radical (unpaired) electrons. The number of aryl methyl sites for hydroxylation is 1. The van der Waals surface area contributed by atoms with Crippen molar-refractivity contribution >= 4 is 33.3 Å². The van der Waals surface area contributed by atoms with Crippen LogP contribution >= 0.6 is 12.2 Å². The maximum absolute atomic E-state index is 12.5. The second-order valence-corrected chi connectivity index (χ2v) is 8.22. The summed E-state index contributed by atoms with van der Waals surface area (Å²) in [5.41, 5.74) is 2.18. The lowest BCUT2D eigenvalue weighted by atomic mass is 10.1. The van der Waals surface area contributed by atoms with E-state index in [0.29, 0.717) is 11.1 Å². The molecule has 6 nitrogen and oxygen atoms in total. The Morgan fingerprint density at radius 3 is 2.44 bits per heavy atom. The molecule has 2 rings (SSSR count). The third-order valence-electron chi connectivity index (χ3n) is 4.04. The van der Waals surface area contributed by atoms with E-state index in [4.69, 9.17) is 12.2 Å². The standard InChI is InChI=1S/C19H23N3O3S2/c1-13-9-10-15(11-17(13)27(24,25)22-19(26)20-3)12-18(23)21-14(2)16-7-5-4-6-8-16/h4-11,14H,12H2,1-3H3,(H,21,23)(H2,20,22,26). The van der Waals surface area contributed by atoms with Gasteiger partial charge in [0.1, 0.15) is 0 Å². The maximum atomic E-state index is 12.5. The first kappa shape index (κ1) is 20.9. The van der Waals surface area contributed by atoms with Gasteiger partial charge in [-0.15, -0.1) is 0 Å². The predicted molar refractivity (Wildman–Crippen MR) is 110 cm³/mol. The SMILES string of the molecule is CNC(=S)NS(=O)(=O)c1cc(CC(=O)NC(C)c2ccccc2)ccc1C. The van der Waals surface area contributed by atoms with Gasteiger partial charge in [0.15, 0.2) is 5.11 Å². The van der Waals surface area contributed by atoms with Gasteiger partial charge in [-0.3, -0.25) is 9.52 Å². The molecule has 8 heteroatoms. The number of thiocarbonyl (C=S) groups is 1. The van der Waals surface area contributed by atoms with Crippen LogP contribution in [0.5, 0.6) is 0 Å². The van der Waals surface area contributed by atoms with Gasteiger partial charge in [0, 0.05) is 7.05 Å². The molecule has 0 saturated heterocycles. The van der Waals surface area contributed by atoms with Crippen molar-refractivity contribution in [2.45, 2.75) is 31.2 Å². The molecule has 2 aromatic carbocycles. The number of rotatable bonds is 6. The van der Waals surface area contributed by atoms with E-state index in [-0.39, 0.29) is 28.4 Å². The van der Waals surface area contributed by atoms with Gasteiger partial charge in [-0.1, -0.05) is 42.5 Å². The van der Waals surface area contributed by atoms with E-state index in [1.807, 2.05) is 37.3 Å². The van der Waals surface area contributed by atoms with Crippen LogP contribution in [0, 0.1) is 6.92 Å². The molecule has 0 heterocycles. The lowest BCUT2D eigenvalue weighted by Crippen LogP contribution is -2.37. The quantitative estimate of drug-likeness (QED) is 0.642. The Bertz CT molecular complexity index is 928. The second-order valence-electron chi connectivity index (χ2n) is 6.16. The highest BCUT2D eigenvalue weighted by Gasteiger charge is 2.19. The lowest BCUT2D eigenvalue weighted by Gasteiger charge is -2.15. The third kappa shape index (κ3) is 5.77. The molecule has 2 aromatic rings. The minimum absolute atomic E-state index is 0.00855. The molecule has 144 valence electrons. The second kappa shape index (κ2) is 8.96. The molecule has 1 atom stereocenters. The third-order valence-corrected chi connectivity index (χ3v) is 5.97. The number of hydrogen-bond donors (Lipinski definition) is 3. The summed E-state index contributed by atoms with van der Waals surface area (Å²) < 4.78 is 27.3. The van der Waals surface area contributed by atoms with Crippen molar-refractivity contribution in [2.75, 3.05) is 7.05 Å². The van der Waals surface area contributed by atoms with Gasteiger partial charge in [0.2, 0.25) is 5.91 Å². The summed E-state index contributed by atoms with van der Waals surface area (Å²) in [6.07, 6.45) is 0.0798. The van der Waals surface area contributed by atoms with E-state index in [1.165, 1.54) is 13.1 Å². The zero-order chi connectivity index (χ0) is 20.0. The van der Waals surface area contributed by atoms with Crippen molar-refractivity contribution in [3.63, 3.8) is 0 Å². The molecule has 0 aliphatic carbocycles. The number of amides is 1. The monoisotopic (exact) mass is 405 g/mol. The molecule has 1 unspecified atom stereocenters. The summed E-state index contributed by atoms with van der Waals surface area (Å²) in [7, 11) is -2.28. The van der Waals surface area contributed by atoms with Crippen LogP contribution in [0.15, 0.2) is 53.4 Å². The van der Waals surface area contributed by atoms with E-state index in [1.54, 1.807) is 19.1 Å². The highest BCUT2D eigenvalue weighted by molar-refractivity contribution is 7.91. The van der Waals surface area contributed by atoms with Crippen LogP contribution in [0.3, 0.4) is 0 Å². The molecule has 0 fully saturated rings. The minimum atomic E-state index is -3.81. The molecular formula is C19H23N3O3S2. The molecule has 0 aliphatic rings. The van der Waals surface area contributed by atoms with Crippen molar-refractivity contribution in [1.82, 2.24) is 15.4 Å². The number of carbonyl (C=O) groups is 1. The largest absolute Gasteiger partial charge is 0.365 e. The number of benzene rings is 2. The van der Waals surface area contributed by atoms with Crippen molar-refractivity contribution in [3.8, 4) is 0 Å². The molecule has 0 saturated carbocycles. The average molecular weight is 406 g/mol. The first-order valence-electron chi connectivity index (χ1n) is 8.41. The van der Waals surface area contributed by atoms with Crippen LogP contribution in [0.4, 0.5) is 0 Å². The van der Waals surface area contributed by atoms with Crippen molar-refractivity contribution in [2.24, 2.45) is 0 Å². The Morgan fingerprint density at radius 2 is 1.81 bits per heavy atom. The van der Waals surface area contributed by atoms with Gasteiger partial charge in [-0.25, -0.2) is 8.42 Å².